The molecule has 0 bridgehead atoms. The lowest BCUT2D eigenvalue weighted by molar-refractivity contribution is 0.101. The Morgan fingerprint density at radius 1 is 0.792 bits per heavy atom. The maximum absolute atomic E-state index is 13.8. The molecule has 0 spiro atoms. The molecule has 4 heterocycles. The van der Waals surface area contributed by atoms with E-state index in [-0.39, 0.29) is 40.9 Å². The van der Waals surface area contributed by atoms with E-state index in [4.69, 9.17) is 9.26 Å². The minimum Gasteiger partial charge on any atom is -0.506 e. The Bertz CT molecular complexity index is 2550. The molecule has 0 aliphatic rings. The molecule has 14 heteroatoms. The molecular weight excluding hydrogens is 680 g/mol. The zero-order valence-corrected chi connectivity index (χ0v) is 30.4. The molecule has 4 aromatic heterocycles. The van der Waals surface area contributed by atoms with Gasteiger partial charge in [-0.1, -0.05) is 45.0 Å². The van der Waals surface area contributed by atoms with Crippen molar-refractivity contribution in [3.63, 3.8) is 0 Å². The fraction of sp³-hybridized carbons (Fsp3) is 0.282. The number of fused-ring (bicyclic) bond motifs is 2. The molecule has 0 aliphatic heterocycles. The van der Waals surface area contributed by atoms with Crippen LogP contribution in [0.4, 0.5) is 11.7 Å². The molecular formula is C39H40N6O8. The van der Waals surface area contributed by atoms with Gasteiger partial charge in [-0.25, -0.2) is 4.98 Å². The number of hydrogen-bond donors (Lipinski definition) is 4. The predicted octanol–water partition coefficient (Wildman–Crippen LogP) is 6.22. The molecule has 2 aromatic carbocycles. The van der Waals surface area contributed by atoms with E-state index in [1.165, 1.54) is 22.3 Å². The van der Waals surface area contributed by atoms with Crippen LogP contribution >= 0.6 is 0 Å². The summed E-state index contributed by atoms with van der Waals surface area (Å²) in [6, 6.07) is 14.8. The summed E-state index contributed by atoms with van der Waals surface area (Å²) in [5, 5.41) is 32.2. The van der Waals surface area contributed by atoms with E-state index in [9.17, 15) is 29.4 Å². The first-order valence-corrected chi connectivity index (χ1v) is 17.1. The van der Waals surface area contributed by atoms with Gasteiger partial charge in [0.2, 0.25) is 5.88 Å². The Kier molecular flexibility index (Phi) is 9.80. The molecule has 0 unspecified atom stereocenters. The van der Waals surface area contributed by atoms with Crippen molar-refractivity contribution in [2.24, 2.45) is 11.8 Å². The summed E-state index contributed by atoms with van der Waals surface area (Å²) in [6.07, 6.45) is 0. The van der Waals surface area contributed by atoms with Crippen LogP contribution in [0.1, 0.15) is 59.7 Å². The molecule has 6 rings (SSSR count). The van der Waals surface area contributed by atoms with Crippen molar-refractivity contribution in [3.05, 3.63) is 97.7 Å². The van der Waals surface area contributed by atoms with Crippen molar-refractivity contribution in [1.82, 2.24) is 19.3 Å². The summed E-state index contributed by atoms with van der Waals surface area (Å²) in [7, 11) is 1.48. The van der Waals surface area contributed by atoms with Crippen LogP contribution in [0.25, 0.3) is 33.1 Å². The number of nitrogens with zero attached hydrogens (tertiary/aromatic N) is 4. The zero-order valence-electron chi connectivity index (χ0n) is 30.4. The number of hydrogen-bond acceptors (Lipinski definition) is 10. The third kappa shape index (κ3) is 6.95. The first kappa shape index (κ1) is 36.4. The van der Waals surface area contributed by atoms with Crippen LogP contribution in [0.15, 0.2) is 68.7 Å². The molecule has 0 saturated heterocycles. The minimum atomic E-state index is -0.866. The summed E-state index contributed by atoms with van der Waals surface area (Å²) >= 11 is 0. The lowest BCUT2D eigenvalue weighted by Crippen LogP contribution is -2.31. The smallest absolute Gasteiger partial charge is 0.267 e. The fourth-order valence-corrected chi connectivity index (χ4v) is 6.23. The number of methoxy groups -OCH3 is 1. The van der Waals surface area contributed by atoms with Crippen LogP contribution in [0, 0.1) is 25.7 Å². The van der Waals surface area contributed by atoms with Crippen molar-refractivity contribution in [1.29, 1.82) is 0 Å². The van der Waals surface area contributed by atoms with Crippen LogP contribution in [0.5, 0.6) is 17.2 Å². The number of ether oxygens (including phenoxy) is 1. The van der Waals surface area contributed by atoms with Crippen molar-refractivity contribution < 1.29 is 29.1 Å². The number of carbonyl (C=O) groups is 2. The number of amides is 2. The molecule has 53 heavy (non-hydrogen) atoms. The minimum absolute atomic E-state index is 0.0181. The number of aromatic hydroxyl groups is 2. The number of aromatic nitrogens is 4. The highest BCUT2D eigenvalue weighted by molar-refractivity contribution is 6.10. The van der Waals surface area contributed by atoms with Gasteiger partial charge in [0, 0.05) is 35.5 Å². The number of benzene rings is 2. The quantitative estimate of drug-likeness (QED) is 0.126. The van der Waals surface area contributed by atoms with E-state index in [0.29, 0.717) is 45.8 Å². The summed E-state index contributed by atoms with van der Waals surface area (Å²) < 4.78 is 13.3. The lowest BCUT2D eigenvalue weighted by atomic mass is 10.0. The van der Waals surface area contributed by atoms with Gasteiger partial charge in [0.1, 0.15) is 34.2 Å². The summed E-state index contributed by atoms with van der Waals surface area (Å²) in [5.74, 6) is -2.05. The zero-order chi connectivity index (χ0) is 38.3. The van der Waals surface area contributed by atoms with Crippen molar-refractivity contribution in [2.45, 2.75) is 54.6 Å². The molecule has 6 aromatic rings. The standard InChI is InChI=1S/C39H40N6O8/c1-19(2)17-44-28-12-9-23(15-25(28)33(46)31(38(44)50)36(48)41-30-14-22(6)43-53-30)27-11-8-21(5)35(40-27)42-37(49)32-34(47)26-16-24(52-7)10-13-29(26)45(39(32)51)18-20(3)4/h8-16,19-20,46-47H,17-18H2,1-7H3,(H,41,48)(H,40,42,49). The maximum atomic E-state index is 13.8. The van der Waals surface area contributed by atoms with Gasteiger partial charge in [0.05, 0.1) is 29.5 Å². The van der Waals surface area contributed by atoms with Gasteiger partial charge >= 0.3 is 0 Å². The molecule has 274 valence electrons. The Balaban J connectivity index is 1.42. The highest BCUT2D eigenvalue weighted by Gasteiger charge is 2.26. The molecule has 2 amide bonds. The van der Waals surface area contributed by atoms with Gasteiger partial charge in [0.25, 0.3) is 22.9 Å². The van der Waals surface area contributed by atoms with E-state index < -0.39 is 45.6 Å². The monoisotopic (exact) mass is 720 g/mol. The van der Waals surface area contributed by atoms with Gasteiger partial charge in [-0.2, -0.15) is 0 Å². The van der Waals surface area contributed by atoms with E-state index in [0.717, 1.165) is 0 Å². The van der Waals surface area contributed by atoms with Gasteiger partial charge in [0.15, 0.2) is 0 Å². The normalized spacial score (nSPS) is 11.5. The van der Waals surface area contributed by atoms with Gasteiger partial charge in [-0.15, -0.1) is 0 Å². The molecule has 4 N–H and O–H groups in total. The van der Waals surface area contributed by atoms with E-state index in [1.807, 2.05) is 27.7 Å². The van der Waals surface area contributed by atoms with Crippen LogP contribution in [0.3, 0.4) is 0 Å². The largest absolute Gasteiger partial charge is 0.506 e. The highest BCUT2D eigenvalue weighted by atomic mass is 16.5. The van der Waals surface area contributed by atoms with Gasteiger partial charge in [-0.3, -0.25) is 24.5 Å². The number of anilines is 2. The third-order valence-corrected chi connectivity index (χ3v) is 8.72. The van der Waals surface area contributed by atoms with E-state index in [1.54, 1.807) is 62.4 Å². The molecule has 0 aliphatic carbocycles. The van der Waals surface area contributed by atoms with E-state index in [2.05, 4.69) is 20.8 Å². The van der Waals surface area contributed by atoms with Crippen LogP contribution in [0.2, 0.25) is 0 Å². The van der Waals surface area contributed by atoms with Crippen molar-refractivity contribution in [3.8, 4) is 28.5 Å². The van der Waals surface area contributed by atoms with Crippen molar-refractivity contribution >= 4 is 45.3 Å². The molecule has 0 saturated carbocycles. The Labute approximate surface area is 303 Å². The number of pyridine rings is 3. The van der Waals surface area contributed by atoms with Gasteiger partial charge in [-0.05, 0) is 67.6 Å². The van der Waals surface area contributed by atoms with Crippen LogP contribution in [-0.4, -0.2) is 48.4 Å². The first-order chi connectivity index (χ1) is 25.2. The average molecular weight is 721 g/mol. The van der Waals surface area contributed by atoms with Crippen LogP contribution in [-0.2, 0) is 13.1 Å². The number of rotatable bonds is 10. The Morgan fingerprint density at radius 3 is 1.91 bits per heavy atom. The number of carbonyl (C=O) groups excluding carboxylic acids is 2. The number of nitrogens with one attached hydrogen (secondary N) is 2. The van der Waals surface area contributed by atoms with Crippen molar-refractivity contribution in [2.75, 3.05) is 17.7 Å². The highest BCUT2D eigenvalue weighted by Crippen LogP contribution is 2.34. The molecule has 14 nitrogen and oxygen atoms in total. The third-order valence-electron chi connectivity index (χ3n) is 8.72. The van der Waals surface area contributed by atoms with Crippen LogP contribution < -0.4 is 26.5 Å². The average Bonchev–Trinajstić information content (AvgIpc) is 3.52. The summed E-state index contributed by atoms with van der Waals surface area (Å²) in [4.78, 5) is 59.3. The van der Waals surface area contributed by atoms with Gasteiger partial charge < -0.3 is 33.9 Å². The predicted molar refractivity (Wildman–Crippen MR) is 201 cm³/mol. The Morgan fingerprint density at radius 2 is 1.36 bits per heavy atom. The topological polar surface area (TPSA) is 191 Å². The second kappa shape index (κ2) is 14.3. The number of aryl methyl sites for hydroxylation is 2. The summed E-state index contributed by atoms with van der Waals surface area (Å²) in [5.41, 5.74) is 0.583. The fourth-order valence-electron chi connectivity index (χ4n) is 6.23. The molecule has 0 atom stereocenters. The SMILES string of the molecule is COc1ccc2c(c1)c(O)c(C(=O)Nc1nc(-c3ccc4c(c3)c(O)c(C(=O)Nc3cc(C)no3)c(=O)n4CC(C)C)ccc1C)c(=O)n2CC(C)C. The summed E-state index contributed by atoms with van der Waals surface area (Å²) in [6.45, 7) is 11.7. The lowest BCUT2D eigenvalue weighted by Gasteiger charge is -2.18. The second-order valence-electron chi connectivity index (χ2n) is 13.8. The maximum Gasteiger partial charge on any atom is 0.267 e. The molecule has 0 fully saturated rings. The first-order valence-electron chi connectivity index (χ1n) is 17.1. The Hall–Kier alpha value is -6.44. The molecule has 0 radical (unpaired) electrons. The van der Waals surface area contributed by atoms with E-state index >= 15 is 0 Å². The second-order valence-corrected chi connectivity index (χ2v) is 13.8.